The number of benzene rings is 2. The van der Waals surface area contributed by atoms with E-state index < -0.39 is 17.6 Å². The molecule has 0 aliphatic carbocycles. The van der Waals surface area contributed by atoms with Gasteiger partial charge in [0.05, 0.1) is 23.5 Å². The third kappa shape index (κ3) is 4.08. The molecule has 0 unspecified atom stereocenters. The molecule has 3 aromatic rings. The van der Waals surface area contributed by atoms with Crippen LogP contribution in [0.3, 0.4) is 0 Å². The number of imidazole rings is 1. The summed E-state index contributed by atoms with van der Waals surface area (Å²) in [4.78, 5) is 45.3. The van der Waals surface area contributed by atoms with Crippen molar-refractivity contribution in [3.05, 3.63) is 54.3 Å². The second kappa shape index (κ2) is 7.70. The molecule has 1 fully saturated rings. The average molecular weight is 395 g/mol. The van der Waals surface area contributed by atoms with Crippen LogP contribution in [-0.2, 0) is 14.4 Å². The number of H-pyrrole nitrogens is 1. The molecule has 9 heteroatoms. The second-order valence-electron chi connectivity index (χ2n) is 6.75. The highest BCUT2D eigenvalue weighted by Gasteiger charge is 2.35. The monoisotopic (exact) mass is 395 g/mol. The molecule has 1 aliphatic rings. The zero-order chi connectivity index (χ0) is 20.4. The van der Waals surface area contributed by atoms with Gasteiger partial charge in [0.2, 0.25) is 23.7 Å². The van der Waals surface area contributed by atoms with Gasteiger partial charge in [0.15, 0.2) is 0 Å². The maximum atomic E-state index is 13.1. The summed E-state index contributed by atoms with van der Waals surface area (Å²) in [6.45, 7) is -0.0569. The Morgan fingerprint density at radius 1 is 1.17 bits per heavy atom. The summed E-state index contributed by atoms with van der Waals surface area (Å²) >= 11 is 0. The van der Waals surface area contributed by atoms with Crippen molar-refractivity contribution in [1.82, 2.24) is 15.3 Å². The van der Waals surface area contributed by atoms with E-state index in [1.54, 1.807) is 0 Å². The van der Waals surface area contributed by atoms with Crippen molar-refractivity contribution in [2.24, 2.45) is 5.92 Å². The maximum Gasteiger partial charge on any atom is 0.246 e. The number of nitrogens with zero attached hydrogens (tertiary/aromatic N) is 2. The lowest BCUT2D eigenvalue weighted by Crippen LogP contribution is -2.38. The molecule has 1 saturated heterocycles. The lowest BCUT2D eigenvalue weighted by atomic mass is 10.1. The standard InChI is InChI=1S/C20H18FN5O3/c21-13-5-7-14(8-6-13)26-11-12(9-18(26)28)19(29)22-10-17(27)25-20-23-15-3-1-2-4-16(15)24-20/h1-8,12H,9-11H2,(H,22,29)(H2,23,24,25,27)/t12-/m0/s1. The van der Waals surface area contributed by atoms with E-state index in [4.69, 9.17) is 0 Å². The number of amides is 3. The molecule has 1 aromatic heterocycles. The number of carbonyl (C=O) groups is 3. The predicted molar refractivity (Wildman–Crippen MR) is 105 cm³/mol. The molecule has 2 aromatic carbocycles. The number of aromatic nitrogens is 2. The molecule has 8 nitrogen and oxygen atoms in total. The minimum absolute atomic E-state index is 0.0361. The van der Waals surface area contributed by atoms with E-state index in [1.165, 1.54) is 29.2 Å². The highest BCUT2D eigenvalue weighted by Crippen LogP contribution is 2.25. The number of nitrogens with one attached hydrogen (secondary N) is 3. The van der Waals surface area contributed by atoms with Gasteiger partial charge >= 0.3 is 0 Å². The van der Waals surface area contributed by atoms with E-state index in [9.17, 15) is 18.8 Å². The first kappa shape index (κ1) is 18.6. The van der Waals surface area contributed by atoms with Crippen molar-refractivity contribution >= 4 is 40.4 Å². The van der Waals surface area contributed by atoms with E-state index in [0.29, 0.717) is 11.6 Å². The number of para-hydroxylation sites is 2. The second-order valence-corrected chi connectivity index (χ2v) is 6.75. The molecule has 148 valence electrons. The van der Waals surface area contributed by atoms with Crippen LogP contribution in [0.1, 0.15) is 6.42 Å². The Balaban J connectivity index is 1.30. The highest BCUT2D eigenvalue weighted by atomic mass is 19.1. The first-order valence-corrected chi connectivity index (χ1v) is 9.08. The Bertz CT molecular complexity index is 1050. The fourth-order valence-corrected chi connectivity index (χ4v) is 3.25. The van der Waals surface area contributed by atoms with Gasteiger partial charge in [-0.3, -0.25) is 19.7 Å². The van der Waals surface area contributed by atoms with Crippen LogP contribution in [0.5, 0.6) is 0 Å². The normalized spacial score (nSPS) is 16.2. The number of aromatic amines is 1. The van der Waals surface area contributed by atoms with E-state index in [1.807, 2.05) is 24.3 Å². The minimum atomic E-state index is -0.577. The number of anilines is 2. The first-order chi connectivity index (χ1) is 14.0. The van der Waals surface area contributed by atoms with Crippen LogP contribution in [0.15, 0.2) is 48.5 Å². The van der Waals surface area contributed by atoms with Crippen molar-refractivity contribution in [3.63, 3.8) is 0 Å². The number of fused-ring (bicyclic) bond motifs is 1. The third-order valence-corrected chi connectivity index (χ3v) is 4.70. The molecule has 1 aliphatic heterocycles. The summed E-state index contributed by atoms with van der Waals surface area (Å²) < 4.78 is 13.1. The molecule has 4 rings (SSSR count). The molecule has 29 heavy (non-hydrogen) atoms. The van der Waals surface area contributed by atoms with Gasteiger partial charge in [-0.25, -0.2) is 9.37 Å². The number of hydrogen-bond acceptors (Lipinski definition) is 4. The summed E-state index contributed by atoms with van der Waals surface area (Å²) in [5.41, 5.74) is 2.05. The number of rotatable bonds is 5. The molecule has 3 N–H and O–H groups in total. The van der Waals surface area contributed by atoms with Gasteiger partial charge in [-0.1, -0.05) is 12.1 Å². The van der Waals surface area contributed by atoms with Gasteiger partial charge in [0.25, 0.3) is 0 Å². The average Bonchev–Trinajstić information content (AvgIpc) is 3.29. The number of halogens is 1. The molecular formula is C20H18FN5O3. The number of hydrogen-bond donors (Lipinski definition) is 3. The van der Waals surface area contributed by atoms with Crippen molar-refractivity contribution in [3.8, 4) is 0 Å². The van der Waals surface area contributed by atoms with Gasteiger partial charge < -0.3 is 15.2 Å². The molecule has 0 radical (unpaired) electrons. The minimum Gasteiger partial charge on any atom is -0.347 e. The lowest BCUT2D eigenvalue weighted by Gasteiger charge is -2.16. The van der Waals surface area contributed by atoms with Gasteiger partial charge in [-0.05, 0) is 36.4 Å². The number of carbonyl (C=O) groups excluding carboxylic acids is 3. The van der Waals surface area contributed by atoms with Crippen molar-refractivity contribution < 1.29 is 18.8 Å². The zero-order valence-corrected chi connectivity index (χ0v) is 15.3. The first-order valence-electron chi connectivity index (χ1n) is 9.08. The smallest absolute Gasteiger partial charge is 0.246 e. The van der Waals surface area contributed by atoms with E-state index in [-0.39, 0.29) is 31.3 Å². The quantitative estimate of drug-likeness (QED) is 0.612. The molecule has 2 heterocycles. The maximum absolute atomic E-state index is 13.1. The zero-order valence-electron chi connectivity index (χ0n) is 15.3. The predicted octanol–water partition coefficient (Wildman–Crippen LogP) is 1.81. The Labute approximate surface area is 165 Å². The summed E-state index contributed by atoms with van der Waals surface area (Å²) in [5.74, 6) is -1.72. The van der Waals surface area contributed by atoms with Gasteiger partial charge in [-0.2, -0.15) is 0 Å². The third-order valence-electron chi connectivity index (χ3n) is 4.70. The van der Waals surface area contributed by atoms with Crippen molar-refractivity contribution in [1.29, 1.82) is 0 Å². The van der Waals surface area contributed by atoms with Crippen LogP contribution in [-0.4, -0.2) is 40.8 Å². The summed E-state index contributed by atoms with van der Waals surface area (Å²) in [5, 5.41) is 5.14. The van der Waals surface area contributed by atoms with E-state index >= 15 is 0 Å². The summed E-state index contributed by atoms with van der Waals surface area (Å²) in [6.07, 6.45) is 0.0361. The van der Waals surface area contributed by atoms with Crippen LogP contribution in [0.2, 0.25) is 0 Å². The molecule has 3 amide bonds. The van der Waals surface area contributed by atoms with Crippen molar-refractivity contribution in [2.45, 2.75) is 6.42 Å². The SMILES string of the molecule is O=C(CNC(=O)[C@H]1CC(=O)N(c2ccc(F)cc2)C1)Nc1nc2ccccc2[nH]1. The molecule has 1 atom stereocenters. The van der Waals surface area contributed by atoms with E-state index in [2.05, 4.69) is 20.6 Å². The highest BCUT2D eigenvalue weighted by molar-refractivity contribution is 6.01. The van der Waals surface area contributed by atoms with Gasteiger partial charge in [0, 0.05) is 18.7 Å². The Hall–Kier alpha value is -3.75. The molecule has 0 saturated carbocycles. The lowest BCUT2D eigenvalue weighted by molar-refractivity contribution is -0.127. The summed E-state index contributed by atoms with van der Waals surface area (Å²) in [7, 11) is 0. The Kier molecular flexibility index (Phi) is 4.94. The van der Waals surface area contributed by atoms with Crippen LogP contribution >= 0.6 is 0 Å². The van der Waals surface area contributed by atoms with Crippen LogP contribution < -0.4 is 15.5 Å². The van der Waals surface area contributed by atoms with Crippen LogP contribution in [0, 0.1) is 11.7 Å². The van der Waals surface area contributed by atoms with Crippen molar-refractivity contribution in [2.75, 3.05) is 23.3 Å². The summed E-state index contributed by atoms with van der Waals surface area (Å²) in [6, 6.07) is 12.9. The van der Waals surface area contributed by atoms with E-state index in [0.717, 1.165) is 11.0 Å². The van der Waals surface area contributed by atoms with Gasteiger partial charge in [0.1, 0.15) is 5.82 Å². The van der Waals surface area contributed by atoms with Crippen LogP contribution in [0.4, 0.5) is 16.0 Å². The van der Waals surface area contributed by atoms with Gasteiger partial charge in [-0.15, -0.1) is 0 Å². The van der Waals surface area contributed by atoms with Crippen LogP contribution in [0.25, 0.3) is 11.0 Å². The Morgan fingerprint density at radius 3 is 2.69 bits per heavy atom. The fourth-order valence-electron chi connectivity index (χ4n) is 3.25. The topological polar surface area (TPSA) is 107 Å². The fraction of sp³-hybridized carbons (Fsp3) is 0.200. The molecular weight excluding hydrogens is 377 g/mol. The molecule has 0 bridgehead atoms. The molecule has 0 spiro atoms. The largest absolute Gasteiger partial charge is 0.347 e. The Morgan fingerprint density at radius 2 is 1.93 bits per heavy atom.